The molecule has 2 atom stereocenters. The fraction of sp³-hybridized carbons (Fsp3) is 0.533. The standard InChI is InChI=1S/C15H24N2O/c1-3-4-8-12(2)17-15(18)14(16)11-13-9-6-5-7-10-13/h5-7,9-10,12,14H,3-4,8,11,16H2,1-2H3,(H,17,18)/t12?,14-/m1/s1. The number of carbonyl (C=O) groups excluding carboxylic acids is 1. The second kappa shape index (κ2) is 7.88. The van der Waals surface area contributed by atoms with Crippen LogP contribution in [-0.4, -0.2) is 18.0 Å². The number of rotatable bonds is 7. The molecule has 1 unspecified atom stereocenters. The van der Waals surface area contributed by atoms with Crippen molar-refractivity contribution in [3.8, 4) is 0 Å². The summed E-state index contributed by atoms with van der Waals surface area (Å²) in [5, 5.41) is 2.97. The van der Waals surface area contributed by atoms with Gasteiger partial charge in [0.05, 0.1) is 6.04 Å². The van der Waals surface area contributed by atoms with Gasteiger partial charge in [0.15, 0.2) is 0 Å². The lowest BCUT2D eigenvalue weighted by molar-refractivity contribution is -0.123. The number of amides is 1. The van der Waals surface area contributed by atoms with E-state index in [1.165, 1.54) is 0 Å². The van der Waals surface area contributed by atoms with E-state index in [1.807, 2.05) is 37.3 Å². The summed E-state index contributed by atoms with van der Waals surface area (Å²) in [7, 11) is 0. The van der Waals surface area contributed by atoms with Crippen LogP contribution in [0.1, 0.15) is 38.7 Å². The summed E-state index contributed by atoms with van der Waals surface area (Å²) in [5.41, 5.74) is 7.01. The Morgan fingerprint density at radius 3 is 2.61 bits per heavy atom. The zero-order chi connectivity index (χ0) is 13.4. The molecular weight excluding hydrogens is 224 g/mol. The first-order chi connectivity index (χ1) is 8.63. The third kappa shape index (κ3) is 5.32. The van der Waals surface area contributed by atoms with E-state index in [2.05, 4.69) is 12.2 Å². The summed E-state index contributed by atoms with van der Waals surface area (Å²) >= 11 is 0. The van der Waals surface area contributed by atoms with Gasteiger partial charge in [-0.1, -0.05) is 50.1 Å². The van der Waals surface area contributed by atoms with Crippen LogP contribution in [0.5, 0.6) is 0 Å². The Labute approximate surface area is 110 Å². The van der Waals surface area contributed by atoms with E-state index in [4.69, 9.17) is 5.73 Å². The van der Waals surface area contributed by atoms with Crippen molar-refractivity contribution in [3.63, 3.8) is 0 Å². The quantitative estimate of drug-likeness (QED) is 0.777. The Balaban J connectivity index is 2.37. The third-order valence-corrected chi connectivity index (χ3v) is 3.01. The number of benzene rings is 1. The van der Waals surface area contributed by atoms with Crippen molar-refractivity contribution in [1.82, 2.24) is 5.32 Å². The molecule has 0 fully saturated rings. The summed E-state index contributed by atoms with van der Waals surface area (Å²) in [6, 6.07) is 9.62. The fourth-order valence-electron chi connectivity index (χ4n) is 1.89. The minimum absolute atomic E-state index is 0.0533. The number of hydrogen-bond acceptors (Lipinski definition) is 2. The molecule has 0 aromatic heterocycles. The van der Waals surface area contributed by atoms with Crippen LogP contribution in [0.2, 0.25) is 0 Å². The van der Waals surface area contributed by atoms with E-state index in [0.29, 0.717) is 6.42 Å². The molecule has 3 N–H and O–H groups in total. The Bertz CT molecular complexity index is 351. The summed E-state index contributed by atoms with van der Waals surface area (Å²) in [5.74, 6) is -0.0533. The maximum absolute atomic E-state index is 11.9. The predicted octanol–water partition coefficient (Wildman–Crippen LogP) is 2.25. The van der Waals surface area contributed by atoms with E-state index in [9.17, 15) is 4.79 Å². The van der Waals surface area contributed by atoms with Crippen molar-refractivity contribution in [3.05, 3.63) is 35.9 Å². The van der Waals surface area contributed by atoms with Crippen LogP contribution in [0.4, 0.5) is 0 Å². The molecular formula is C15H24N2O. The van der Waals surface area contributed by atoms with Crippen LogP contribution in [0.25, 0.3) is 0 Å². The topological polar surface area (TPSA) is 55.1 Å². The number of nitrogens with two attached hydrogens (primary N) is 1. The first-order valence-corrected chi connectivity index (χ1v) is 6.73. The molecule has 0 heterocycles. The van der Waals surface area contributed by atoms with Crippen LogP contribution >= 0.6 is 0 Å². The van der Waals surface area contributed by atoms with Crippen molar-refractivity contribution < 1.29 is 4.79 Å². The molecule has 0 bridgehead atoms. The Hall–Kier alpha value is -1.35. The zero-order valence-electron chi connectivity index (χ0n) is 11.4. The molecule has 0 aliphatic carbocycles. The van der Waals surface area contributed by atoms with E-state index < -0.39 is 6.04 Å². The summed E-state index contributed by atoms with van der Waals surface area (Å²) in [4.78, 5) is 11.9. The molecule has 18 heavy (non-hydrogen) atoms. The van der Waals surface area contributed by atoms with E-state index in [0.717, 1.165) is 24.8 Å². The summed E-state index contributed by atoms with van der Waals surface area (Å²) < 4.78 is 0. The van der Waals surface area contributed by atoms with Crippen LogP contribution in [0, 0.1) is 0 Å². The van der Waals surface area contributed by atoms with Crippen molar-refractivity contribution in [1.29, 1.82) is 0 Å². The lowest BCUT2D eigenvalue weighted by Gasteiger charge is -2.17. The SMILES string of the molecule is CCCCC(C)NC(=O)[C@H](N)Cc1ccccc1. The average molecular weight is 248 g/mol. The molecule has 0 spiro atoms. The Morgan fingerprint density at radius 2 is 2.00 bits per heavy atom. The van der Waals surface area contributed by atoms with Gasteiger partial charge in [-0.2, -0.15) is 0 Å². The lowest BCUT2D eigenvalue weighted by Crippen LogP contribution is -2.45. The molecule has 1 aromatic rings. The van der Waals surface area contributed by atoms with Gasteiger partial charge in [0, 0.05) is 6.04 Å². The highest BCUT2D eigenvalue weighted by Crippen LogP contribution is 2.03. The Kier molecular flexibility index (Phi) is 6.44. The maximum atomic E-state index is 11.9. The molecule has 3 heteroatoms. The maximum Gasteiger partial charge on any atom is 0.237 e. The van der Waals surface area contributed by atoms with Gasteiger partial charge in [0.1, 0.15) is 0 Å². The fourth-order valence-corrected chi connectivity index (χ4v) is 1.89. The largest absolute Gasteiger partial charge is 0.352 e. The minimum atomic E-state index is -0.462. The van der Waals surface area contributed by atoms with Gasteiger partial charge in [-0.25, -0.2) is 0 Å². The highest BCUT2D eigenvalue weighted by molar-refractivity contribution is 5.82. The van der Waals surface area contributed by atoms with Gasteiger partial charge in [-0.3, -0.25) is 4.79 Å². The Morgan fingerprint density at radius 1 is 1.33 bits per heavy atom. The van der Waals surface area contributed by atoms with Gasteiger partial charge >= 0.3 is 0 Å². The monoisotopic (exact) mass is 248 g/mol. The van der Waals surface area contributed by atoms with Crippen LogP contribution < -0.4 is 11.1 Å². The second-order valence-corrected chi connectivity index (χ2v) is 4.85. The minimum Gasteiger partial charge on any atom is -0.352 e. The summed E-state index contributed by atoms with van der Waals surface area (Å²) in [6.07, 6.45) is 3.89. The lowest BCUT2D eigenvalue weighted by atomic mass is 10.1. The van der Waals surface area contributed by atoms with E-state index >= 15 is 0 Å². The predicted molar refractivity (Wildman–Crippen MR) is 75.3 cm³/mol. The van der Waals surface area contributed by atoms with Gasteiger partial charge in [-0.15, -0.1) is 0 Å². The molecule has 0 saturated carbocycles. The molecule has 100 valence electrons. The molecule has 0 saturated heterocycles. The molecule has 1 amide bonds. The highest BCUT2D eigenvalue weighted by Gasteiger charge is 2.15. The molecule has 0 aliphatic heterocycles. The van der Waals surface area contributed by atoms with Crippen LogP contribution in [-0.2, 0) is 11.2 Å². The molecule has 0 radical (unpaired) electrons. The second-order valence-electron chi connectivity index (χ2n) is 4.85. The van der Waals surface area contributed by atoms with Crippen molar-refractivity contribution in [2.45, 2.75) is 51.6 Å². The first-order valence-electron chi connectivity index (χ1n) is 6.73. The first kappa shape index (κ1) is 14.7. The molecule has 1 rings (SSSR count). The number of carbonyl (C=O) groups is 1. The molecule has 3 nitrogen and oxygen atoms in total. The van der Waals surface area contributed by atoms with E-state index in [1.54, 1.807) is 0 Å². The number of unbranched alkanes of at least 4 members (excludes halogenated alkanes) is 1. The van der Waals surface area contributed by atoms with Gasteiger partial charge in [0.2, 0.25) is 5.91 Å². The average Bonchev–Trinajstić information content (AvgIpc) is 2.37. The molecule has 1 aromatic carbocycles. The van der Waals surface area contributed by atoms with Crippen molar-refractivity contribution >= 4 is 5.91 Å². The van der Waals surface area contributed by atoms with Crippen molar-refractivity contribution in [2.24, 2.45) is 5.73 Å². The number of nitrogens with one attached hydrogen (secondary N) is 1. The highest BCUT2D eigenvalue weighted by atomic mass is 16.2. The van der Waals surface area contributed by atoms with Gasteiger partial charge in [-0.05, 0) is 25.3 Å². The third-order valence-electron chi connectivity index (χ3n) is 3.01. The number of hydrogen-bond donors (Lipinski definition) is 2. The molecule has 0 aliphatic rings. The van der Waals surface area contributed by atoms with Gasteiger partial charge < -0.3 is 11.1 Å². The van der Waals surface area contributed by atoms with E-state index in [-0.39, 0.29) is 11.9 Å². The van der Waals surface area contributed by atoms with Crippen molar-refractivity contribution in [2.75, 3.05) is 0 Å². The zero-order valence-corrected chi connectivity index (χ0v) is 11.4. The normalized spacial score (nSPS) is 13.9. The van der Waals surface area contributed by atoms with Crippen LogP contribution in [0.15, 0.2) is 30.3 Å². The summed E-state index contributed by atoms with van der Waals surface area (Å²) in [6.45, 7) is 4.18. The van der Waals surface area contributed by atoms with Crippen LogP contribution in [0.3, 0.4) is 0 Å². The smallest absolute Gasteiger partial charge is 0.237 e. The van der Waals surface area contributed by atoms with Gasteiger partial charge in [0.25, 0.3) is 0 Å².